The molecular weight excluding hydrogens is 483 g/mol. The normalized spacial score (nSPS) is 13.3. The van der Waals surface area contributed by atoms with Gasteiger partial charge < -0.3 is 23.7 Å². The highest BCUT2D eigenvalue weighted by Crippen LogP contribution is 2.39. The summed E-state index contributed by atoms with van der Waals surface area (Å²) in [6.07, 6.45) is 1.51. The maximum absolute atomic E-state index is 12.8. The molecule has 0 saturated heterocycles. The second-order valence-corrected chi connectivity index (χ2v) is 7.83. The number of hydrogen-bond acceptors (Lipinski definition) is 7. The molecule has 4 rings (SSSR count). The summed E-state index contributed by atoms with van der Waals surface area (Å²) in [6, 6.07) is 12.5. The SMILES string of the molecule is COc1cc(C(=O)Oc2ccc3c(c2)OC(=Cc2cccc(Cl)c2Cl)C3=O)cc(OC)c1OC. The van der Waals surface area contributed by atoms with Crippen molar-refractivity contribution in [3.05, 3.63) is 81.0 Å². The van der Waals surface area contributed by atoms with Crippen LogP contribution in [-0.4, -0.2) is 33.1 Å². The first-order valence-electron chi connectivity index (χ1n) is 9.90. The molecule has 0 spiro atoms. The number of halogens is 2. The number of ketones is 1. The second kappa shape index (κ2) is 9.67. The van der Waals surface area contributed by atoms with E-state index in [4.69, 9.17) is 46.9 Å². The van der Waals surface area contributed by atoms with Crippen molar-refractivity contribution in [2.75, 3.05) is 21.3 Å². The van der Waals surface area contributed by atoms with E-state index in [1.165, 1.54) is 57.7 Å². The van der Waals surface area contributed by atoms with Crippen molar-refractivity contribution in [1.29, 1.82) is 0 Å². The molecule has 3 aromatic rings. The summed E-state index contributed by atoms with van der Waals surface area (Å²) in [5, 5.41) is 0.670. The van der Waals surface area contributed by atoms with Crippen LogP contribution >= 0.6 is 23.2 Å². The first kappa shape index (κ1) is 23.5. The number of allylic oxidation sites excluding steroid dienone is 1. The van der Waals surface area contributed by atoms with Gasteiger partial charge in [-0.1, -0.05) is 35.3 Å². The summed E-state index contributed by atoms with van der Waals surface area (Å²) in [6.45, 7) is 0. The minimum Gasteiger partial charge on any atom is -0.493 e. The summed E-state index contributed by atoms with van der Waals surface area (Å²) in [5.74, 6) is 0.505. The molecule has 0 amide bonds. The number of hydrogen-bond donors (Lipinski definition) is 0. The topological polar surface area (TPSA) is 80.3 Å². The van der Waals surface area contributed by atoms with E-state index >= 15 is 0 Å². The molecule has 0 N–H and O–H groups in total. The molecule has 9 heteroatoms. The van der Waals surface area contributed by atoms with Gasteiger partial charge in [0.15, 0.2) is 17.3 Å². The minimum absolute atomic E-state index is 0.0762. The van der Waals surface area contributed by atoms with E-state index in [0.29, 0.717) is 38.4 Å². The molecule has 0 aromatic heterocycles. The van der Waals surface area contributed by atoms with Crippen molar-refractivity contribution < 1.29 is 33.3 Å². The lowest BCUT2D eigenvalue weighted by atomic mass is 10.1. The van der Waals surface area contributed by atoms with Crippen LogP contribution in [-0.2, 0) is 0 Å². The lowest BCUT2D eigenvalue weighted by Gasteiger charge is -2.13. The second-order valence-electron chi connectivity index (χ2n) is 7.04. The Labute approximate surface area is 205 Å². The van der Waals surface area contributed by atoms with Gasteiger partial charge >= 0.3 is 5.97 Å². The van der Waals surface area contributed by atoms with E-state index in [-0.39, 0.29) is 28.6 Å². The van der Waals surface area contributed by atoms with E-state index in [0.717, 1.165) is 0 Å². The molecular formula is C25H18Cl2O7. The predicted molar refractivity (Wildman–Crippen MR) is 127 cm³/mol. The summed E-state index contributed by atoms with van der Waals surface area (Å²) in [5.41, 5.74) is 1.06. The van der Waals surface area contributed by atoms with E-state index in [9.17, 15) is 9.59 Å². The number of benzene rings is 3. The van der Waals surface area contributed by atoms with Gasteiger partial charge in [0, 0.05) is 6.07 Å². The fraction of sp³-hybridized carbons (Fsp3) is 0.120. The smallest absolute Gasteiger partial charge is 0.343 e. The van der Waals surface area contributed by atoms with Crippen LogP contribution in [0.4, 0.5) is 0 Å². The van der Waals surface area contributed by atoms with Gasteiger partial charge in [-0.3, -0.25) is 4.79 Å². The Morgan fingerprint density at radius 3 is 2.29 bits per heavy atom. The zero-order valence-electron chi connectivity index (χ0n) is 18.3. The molecule has 0 bridgehead atoms. The molecule has 1 heterocycles. The van der Waals surface area contributed by atoms with Gasteiger partial charge in [-0.05, 0) is 42.0 Å². The summed E-state index contributed by atoms with van der Waals surface area (Å²) in [7, 11) is 4.36. The highest BCUT2D eigenvalue weighted by atomic mass is 35.5. The summed E-state index contributed by atoms with van der Waals surface area (Å²) < 4.78 is 27.0. The Morgan fingerprint density at radius 2 is 1.65 bits per heavy atom. The van der Waals surface area contributed by atoms with Crippen LogP contribution < -0.4 is 23.7 Å². The number of fused-ring (bicyclic) bond motifs is 1. The summed E-state index contributed by atoms with van der Waals surface area (Å²) >= 11 is 12.2. The maximum Gasteiger partial charge on any atom is 0.343 e. The van der Waals surface area contributed by atoms with Crippen molar-refractivity contribution in [3.63, 3.8) is 0 Å². The number of methoxy groups -OCH3 is 3. The Bertz CT molecular complexity index is 1310. The molecule has 34 heavy (non-hydrogen) atoms. The van der Waals surface area contributed by atoms with Crippen molar-refractivity contribution in [1.82, 2.24) is 0 Å². The van der Waals surface area contributed by atoms with Crippen LogP contribution in [0.15, 0.2) is 54.3 Å². The van der Waals surface area contributed by atoms with Gasteiger partial charge in [0.2, 0.25) is 11.5 Å². The van der Waals surface area contributed by atoms with Crippen molar-refractivity contribution in [3.8, 4) is 28.7 Å². The molecule has 0 fully saturated rings. The van der Waals surface area contributed by atoms with Crippen molar-refractivity contribution >= 4 is 41.0 Å². The van der Waals surface area contributed by atoms with Gasteiger partial charge in [0.25, 0.3) is 0 Å². The molecule has 1 aliphatic rings. The van der Waals surface area contributed by atoms with E-state index in [1.54, 1.807) is 18.2 Å². The third-order valence-corrected chi connectivity index (χ3v) is 5.85. The monoisotopic (exact) mass is 500 g/mol. The number of ether oxygens (including phenoxy) is 5. The average Bonchev–Trinajstić information content (AvgIpc) is 3.15. The fourth-order valence-electron chi connectivity index (χ4n) is 3.37. The van der Waals surface area contributed by atoms with E-state index in [2.05, 4.69) is 0 Å². The Morgan fingerprint density at radius 1 is 0.941 bits per heavy atom. The molecule has 0 radical (unpaired) electrons. The third kappa shape index (κ3) is 4.40. The van der Waals surface area contributed by atoms with Gasteiger partial charge in [0.1, 0.15) is 11.5 Å². The first-order chi connectivity index (χ1) is 16.4. The standard InChI is InChI=1S/C25H18Cl2O7/c1-30-20-10-14(11-21(31-2)24(20)32-3)25(29)33-15-7-8-16-18(12-15)34-19(23(16)28)9-13-5-4-6-17(26)22(13)27/h4-12H,1-3H3. The van der Waals surface area contributed by atoms with Gasteiger partial charge in [-0.15, -0.1) is 0 Å². The van der Waals surface area contributed by atoms with Crippen LogP contribution in [0.25, 0.3) is 6.08 Å². The third-order valence-electron chi connectivity index (χ3n) is 5.02. The zero-order valence-corrected chi connectivity index (χ0v) is 19.8. The molecule has 174 valence electrons. The van der Waals surface area contributed by atoms with Crippen LogP contribution in [0.1, 0.15) is 26.3 Å². The average molecular weight is 501 g/mol. The quantitative estimate of drug-likeness (QED) is 0.238. The number of carbonyl (C=O) groups excluding carboxylic acids is 2. The lowest BCUT2D eigenvalue weighted by molar-refractivity contribution is 0.0733. The molecule has 0 saturated carbocycles. The molecule has 3 aromatic carbocycles. The highest BCUT2D eigenvalue weighted by Gasteiger charge is 2.28. The van der Waals surface area contributed by atoms with E-state index in [1.807, 2.05) is 0 Å². The number of Topliss-reactive ketones (excluding diaryl/α,β-unsaturated/α-hetero) is 1. The molecule has 0 aliphatic carbocycles. The van der Waals surface area contributed by atoms with Crippen LogP contribution in [0.2, 0.25) is 10.0 Å². The maximum atomic E-state index is 12.8. The van der Waals surface area contributed by atoms with Crippen LogP contribution in [0.3, 0.4) is 0 Å². The Balaban J connectivity index is 1.58. The van der Waals surface area contributed by atoms with Gasteiger partial charge in [-0.2, -0.15) is 0 Å². The number of esters is 1. The van der Waals surface area contributed by atoms with Crippen LogP contribution in [0.5, 0.6) is 28.7 Å². The predicted octanol–water partition coefficient (Wildman–Crippen LogP) is 5.85. The Hall–Kier alpha value is -3.68. The van der Waals surface area contributed by atoms with Crippen molar-refractivity contribution in [2.45, 2.75) is 0 Å². The number of rotatable bonds is 6. The van der Waals surface area contributed by atoms with Crippen LogP contribution in [0, 0.1) is 0 Å². The zero-order chi connectivity index (χ0) is 24.4. The lowest BCUT2D eigenvalue weighted by Crippen LogP contribution is -2.09. The summed E-state index contributed by atoms with van der Waals surface area (Å²) in [4.78, 5) is 25.5. The van der Waals surface area contributed by atoms with Crippen molar-refractivity contribution in [2.24, 2.45) is 0 Å². The van der Waals surface area contributed by atoms with Gasteiger partial charge in [0.05, 0.1) is 42.5 Å². The van der Waals surface area contributed by atoms with E-state index < -0.39 is 5.97 Å². The minimum atomic E-state index is -0.662. The first-order valence-corrected chi connectivity index (χ1v) is 10.7. The Kier molecular flexibility index (Phi) is 6.68. The fourth-order valence-corrected chi connectivity index (χ4v) is 3.73. The molecule has 1 aliphatic heterocycles. The molecule has 0 unspecified atom stereocenters. The molecule has 7 nitrogen and oxygen atoms in total. The highest BCUT2D eigenvalue weighted by molar-refractivity contribution is 6.43. The largest absolute Gasteiger partial charge is 0.493 e. The molecule has 0 atom stereocenters. The van der Waals surface area contributed by atoms with Gasteiger partial charge in [-0.25, -0.2) is 4.79 Å². The number of carbonyl (C=O) groups is 2.